The molecule has 0 spiro atoms. The van der Waals surface area contributed by atoms with E-state index in [9.17, 15) is 4.79 Å². The highest BCUT2D eigenvalue weighted by Gasteiger charge is 2.38. The fourth-order valence-electron chi connectivity index (χ4n) is 3.69. The lowest BCUT2D eigenvalue weighted by atomic mass is 9.93. The van der Waals surface area contributed by atoms with Crippen LogP contribution in [-0.4, -0.2) is 10.8 Å². The fraction of sp³-hybridized carbons (Fsp3) is 0.160. The van der Waals surface area contributed by atoms with Gasteiger partial charge in [-0.3, -0.25) is 4.79 Å². The zero-order valence-electron chi connectivity index (χ0n) is 15.9. The molecule has 1 aliphatic heterocycles. The van der Waals surface area contributed by atoms with Crippen molar-refractivity contribution in [3.63, 3.8) is 0 Å². The van der Waals surface area contributed by atoms with E-state index >= 15 is 0 Å². The molecule has 1 heterocycles. The molecule has 0 aromatic heterocycles. The average Bonchev–Trinajstić information content (AvgIpc) is 3.08. The number of ketones is 1. The number of hydrogen-bond donors (Lipinski definition) is 0. The highest BCUT2D eigenvalue weighted by molar-refractivity contribution is 5.95. The van der Waals surface area contributed by atoms with Gasteiger partial charge in [0.05, 0.1) is 12.1 Å². The number of rotatable bonds is 6. The summed E-state index contributed by atoms with van der Waals surface area (Å²) < 4.78 is 0. The molecule has 3 nitrogen and oxygen atoms in total. The fourth-order valence-corrected chi connectivity index (χ4v) is 3.69. The molecule has 3 heteroatoms. The van der Waals surface area contributed by atoms with Crippen LogP contribution in [0.25, 0.3) is 0 Å². The molecule has 0 radical (unpaired) electrons. The van der Waals surface area contributed by atoms with E-state index in [2.05, 4.69) is 36.4 Å². The molecule has 1 atom stereocenters. The van der Waals surface area contributed by atoms with Gasteiger partial charge in [0.15, 0.2) is 5.78 Å². The van der Waals surface area contributed by atoms with E-state index < -0.39 is 0 Å². The first-order valence-electron chi connectivity index (χ1n) is 9.54. The molecule has 0 aliphatic carbocycles. The van der Waals surface area contributed by atoms with Crippen LogP contribution in [0.1, 0.15) is 29.7 Å². The lowest BCUT2D eigenvalue weighted by molar-refractivity contribution is -0.130. The Kier molecular flexibility index (Phi) is 5.36. The second-order valence-corrected chi connectivity index (χ2v) is 7.02. The molecule has 0 amide bonds. The van der Waals surface area contributed by atoms with Crippen molar-refractivity contribution in [2.45, 2.75) is 25.9 Å². The number of hydrogen-bond acceptors (Lipinski definition) is 3. The first-order chi connectivity index (χ1) is 13.7. The van der Waals surface area contributed by atoms with E-state index in [0.29, 0.717) is 13.0 Å². The molecule has 1 aliphatic rings. The van der Waals surface area contributed by atoms with Crippen molar-refractivity contribution in [2.24, 2.45) is 0 Å². The third-order valence-corrected chi connectivity index (χ3v) is 4.97. The quantitative estimate of drug-likeness (QED) is 0.593. The Bertz CT molecular complexity index is 965. The number of nitrogens with zero attached hydrogens (tertiary/aromatic N) is 1. The Morgan fingerprint density at radius 3 is 1.93 bits per heavy atom. The normalized spacial score (nSPS) is 16.8. The Morgan fingerprint density at radius 2 is 1.36 bits per heavy atom. The summed E-state index contributed by atoms with van der Waals surface area (Å²) in [5.74, 6) is 0.791. The molecule has 0 bridgehead atoms. The van der Waals surface area contributed by atoms with E-state index in [4.69, 9.17) is 4.84 Å². The molecule has 0 saturated heterocycles. The summed E-state index contributed by atoms with van der Waals surface area (Å²) in [6.45, 7) is 2.24. The van der Waals surface area contributed by atoms with E-state index in [1.165, 1.54) is 0 Å². The third kappa shape index (κ3) is 3.90. The van der Waals surface area contributed by atoms with Crippen LogP contribution in [0.4, 0.5) is 0 Å². The van der Waals surface area contributed by atoms with Gasteiger partial charge in [-0.1, -0.05) is 91.0 Å². The largest absolute Gasteiger partial charge is 0.408 e. The van der Waals surface area contributed by atoms with Crippen LogP contribution in [-0.2, 0) is 22.6 Å². The molecule has 4 rings (SSSR count). The highest BCUT2D eigenvalue weighted by atomic mass is 16.7. The lowest BCUT2D eigenvalue weighted by Crippen LogP contribution is -2.25. The number of benzene rings is 3. The van der Waals surface area contributed by atoms with Gasteiger partial charge < -0.3 is 4.84 Å². The van der Waals surface area contributed by atoms with Crippen LogP contribution in [0.3, 0.4) is 0 Å². The predicted molar refractivity (Wildman–Crippen MR) is 110 cm³/mol. The Morgan fingerprint density at radius 1 is 0.821 bits per heavy atom. The summed E-state index contributed by atoms with van der Waals surface area (Å²) in [6.07, 6.45) is 0.602. The van der Waals surface area contributed by atoms with Crippen LogP contribution in [0.15, 0.2) is 102 Å². The first kappa shape index (κ1) is 18.2. The van der Waals surface area contributed by atoms with Crippen molar-refractivity contribution in [1.29, 1.82) is 0 Å². The summed E-state index contributed by atoms with van der Waals surface area (Å²) in [7, 11) is 0. The monoisotopic (exact) mass is 369 g/mol. The second kappa shape index (κ2) is 8.24. The molecule has 0 unspecified atom stereocenters. The Hall–Kier alpha value is -3.17. The van der Waals surface area contributed by atoms with Gasteiger partial charge in [-0.05, 0) is 23.6 Å². The zero-order chi connectivity index (χ0) is 19.3. The van der Waals surface area contributed by atoms with Crippen LogP contribution >= 0.6 is 0 Å². The van der Waals surface area contributed by atoms with Crippen molar-refractivity contribution in [1.82, 2.24) is 5.06 Å². The van der Waals surface area contributed by atoms with Crippen LogP contribution in [0.5, 0.6) is 0 Å². The molecular formula is C25H23NO2. The van der Waals surface area contributed by atoms with Gasteiger partial charge in [0.1, 0.15) is 11.8 Å². The zero-order valence-corrected chi connectivity index (χ0v) is 15.9. The summed E-state index contributed by atoms with van der Waals surface area (Å²) in [4.78, 5) is 19.0. The number of Topliss-reactive ketones (excluding diaryl/α,β-unsaturated/α-hetero) is 1. The summed E-state index contributed by atoms with van der Waals surface area (Å²) in [5.41, 5.74) is 4.08. The maximum Gasteiger partial charge on any atom is 0.161 e. The summed E-state index contributed by atoms with van der Waals surface area (Å²) in [6, 6.07) is 30.2. The van der Waals surface area contributed by atoms with Crippen molar-refractivity contribution >= 4 is 5.78 Å². The van der Waals surface area contributed by atoms with Gasteiger partial charge in [-0.25, -0.2) is 0 Å². The van der Waals surface area contributed by atoms with Crippen molar-refractivity contribution in [3.05, 3.63) is 119 Å². The second-order valence-electron chi connectivity index (χ2n) is 7.02. The van der Waals surface area contributed by atoms with Gasteiger partial charge in [0.2, 0.25) is 0 Å². The maximum atomic E-state index is 12.7. The van der Waals surface area contributed by atoms with Crippen LogP contribution in [0, 0.1) is 0 Å². The summed E-state index contributed by atoms with van der Waals surface area (Å²) >= 11 is 0. The molecular weight excluding hydrogens is 346 g/mol. The SMILES string of the molecule is CC(=O)C1=C(Cc2ccccc2)ON(Cc2ccccc2)[C@H]1c1ccccc1. The number of allylic oxidation sites excluding steroid dienone is 1. The molecule has 3 aromatic rings. The summed E-state index contributed by atoms with van der Waals surface area (Å²) in [5, 5.41) is 1.93. The predicted octanol–water partition coefficient (Wildman–Crippen LogP) is 5.26. The molecule has 0 fully saturated rings. The number of hydroxylamine groups is 2. The van der Waals surface area contributed by atoms with Crippen molar-refractivity contribution < 1.29 is 9.63 Å². The molecule has 0 saturated carbocycles. The van der Waals surface area contributed by atoms with E-state index in [1.54, 1.807) is 6.92 Å². The van der Waals surface area contributed by atoms with Gasteiger partial charge in [0, 0.05) is 6.42 Å². The van der Waals surface area contributed by atoms with Crippen LogP contribution < -0.4 is 0 Å². The minimum atomic E-state index is -0.211. The number of carbonyl (C=O) groups excluding carboxylic acids is 1. The molecule has 28 heavy (non-hydrogen) atoms. The van der Waals surface area contributed by atoms with Crippen LogP contribution in [0.2, 0.25) is 0 Å². The van der Waals surface area contributed by atoms with Gasteiger partial charge in [-0.15, -0.1) is 5.06 Å². The smallest absolute Gasteiger partial charge is 0.161 e. The van der Waals surface area contributed by atoms with Gasteiger partial charge in [0.25, 0.3) is 0 Å². The number of carbonyl (C=O) groups is 1. The minimum absolute atomic E-state index is 0.0512. The standard InChI is InChI=1S/C25H23NO2/c1-19(27)24-23(17-20-11-5-2-6-12-20)28-26(18-21-13-7-3-8-14-21)25(24)22-15-9-4-10-16-22/h2-16,25H,17-18H2,1H3/t25-/m0/s1. The molecule has 3 aromatic carbocycles. The molecule has 0 N–H and O–H groups in total. The Balaban J connectivity index is 1.73. The minimum Gasteiger partial charge on any atom is -0.408 e. The maximum absolute atomic E-state index is 12.7. The lowest BCUT2D eigenvalue weighted by Gasteiger charge is -2.24. The Labute approximate surface area is 165 Å². The van der Waals surface area contributed by atoms with E-state index in [-0.39, 0.29) is 11.8 Å². The average molecular weight is 369 g/mol. The van der Waals surface area contributed by atoms with Crippen molar-refractivity contribution in [2.75, 3.05) is 0 Å². The highest BCUT2D eigenvalue weighted by Crippen LogP contribution is 2.40. The van der Waals surface area contributed by atoms with Crippen molar-refractivity contribution in [3.8, 4) is 0 Å². The van der Waals surface area contributed by atoms with Gasteiger partial charge >= 0.3 is 0 Å². The van der Waals surface area contributed by atoms with Gasteiger partial charge in [-0.2, -0.15) is 0 Å². The van der Waals surface area contributed by atoms with E-state index in [0.717, 1.165) is 28.0 Å². The topological polar surface area (TPSA) is 29.5 Å². The molecule has 140 valence electrons. The van der Waals surface area contributed by atoms with E-state index in [1.807, 2.05) is 59.7 Å². The third-order valence-electron chi connectivity index (χ3n) is 4.97. The first-order valence-corrected chi connectivity index (χ1v) is 9.54.